The second-order valence-corrected chi connectivity index (χ2v) is 6.18. The Bertz CT molecular complexity index is 901. The van der Waals surface area contributed by atoms with Crippen molar-refractivity contribution in [3.8, 4) is 5.75 Å². The molecule has 3 aromatic rings. The van der Waals surface area contributed by atoms with Crippen LogP contribution in [0.2, 0.25) is 0 Å². The molecule has 0 saturated carbocycles. The van der Waals surface area contributed by atoms with E-state index in [0.29, 0.717) is 0 Å². The molecule has 120 valence electrons. The van der Waals surface area contributed by atoms with Gasteiger partial charge in [-0.15, -0.1) is 0 Å². The Morgan fingerprint density at radius 2 is 1.75 bits per heavy atom. The molecule has 3 heteroatoms. The maximum Gasteiger partial charge on any atom is 0.262 e. The fraction of sp³-hybridized carbons (Fsp3) is 0.190. The van der Waals surface area contributed by atoms with Crippen molar-refractivity contribution in [1.82, 2.24) is 0 Å². The zero-order valence-corrected chi connectivity index (χ0v) is 13.4. The maximum absolute atomic E-state index is 12.1. The first-order chi connectivity index (χ1) is 11.8. The minimum Gasteiger partial charge on any atom is -0.484 e. The maximum atomic E-state index is 12.1. The highest BCUT2D eigenvalue weighted by Crippen LogP contribution is 2.26. The highest BCUT2D eigenvalue weighted by atomic mass is 16.5. The van der Waals surface area contributed by atoms with Crippen molar-refractivity contribution < 1.29 is 9.53 Å². The third-order valence-electron chi connectivity index (χ3n) is 4.47. The van der Waals surface area contributed by atoms with E-state index in [2.05, 4.69) is 23.5 Å². The third-order valence-corrected chi connectivity index (χ3v) is 4.47. The molecule has 0 spiro atoms. The first-order valence-electron chi connectivity index (χ1n) is 8.31. The van der Waals surface area contributed by atoms with Gasteiger partial charge in [-0.2, -0.15) is 0 Å². The van der Waals surface area contributed by atoms with Crippen LogP contribution in [0.15, 0.2) is 60.7 Å². The monoisotopic (exact) mass is 317 g/mol. The fourth-order valence-corrected chi connectivity index (χ4v) is 3.25. The van der Waals surface area contributed by atoms with E-state index in [1.165, 1.54) is 17.5 Å². The average molecular weight is 317 g/mol. The van der Waals surface area contributed by atoms with Crippen molar-refractivity contribution in [2.24, 2.45) is 0 Å². The number of amides is 1. The molecule has 1 N–H and O–H groups in total. The van der Waals surface area contributed by atoms with Gasteiger partial charge in [0.1, 0.15) is 5.75 Å². The molecule has 0 heterocycles. The summed E-state index contributed by atoms with van der Waals surface area (Å²) in [7, 11) is 0. The Morgan fingerprint density at radius 1 is 0.917 bits per heavy atom. The van der Waals surface area contributed by atoms with Crippen LogP contribution in [-0.2, 0) is 17.6 Å². The molecule has 0 radical (unpaired) electrons. The highest BCUT2D eigenvalue weighted by molar-refractivity contribution is 5.95. The first-order valence-corrected chi connectivity index (χ1v) is 8.31. The topological polar surface area (TPSA) is 38.3 Å². The van der Waals surface area contributed by atoms with Crippen LogP contribution in [0.3, 0.4) is 0 Å². The predicted octanol–water partition coefficient (Wildman–Crippen LogP) is 4.35. The summed E-state index contributed by atoms with van der Waals surface area (Å²) in [6, 6.07) is 20.1. The van der Waals surface area contributed by atoms with Crippen LogP contribution in [0.4, 0.5) is 5.69 Å². The van der Waals surface area contributed by atoms with Gasteiger partial charge in [0.15, 0.2) is 6.61 Å². The summed E-state index contributed by atoms with van der Waals surface area (Å²) < 4.78 is 5.64. The average Bonchev–Trinajstić information content (AvgIpc) is 3.07. The molecule has 1 amide bonds. The lowest BCUT2D eigenvalue weighted by atomic mass is 10.1. The molecular weight excluding hydrogens is 298 g/mol. The summed E-state index contributed by atoms with van der Waals surface area (Å²) in [4.78, 5) is 12.1. The van der Waals surface area contributed by atoms with E-state index in [0.717, 1.165) is 35.1 Å². The van der Waals surface area contributed by atoms with Crippen molar-refractivity contribution >= 4 is 22.4 Å². The SMILES string of the molecule is O=C(COc1ccc2c(c1)CCC2)Nc1ccc2ccccc2c1. The Labute approximate surface area is 141 Å². The molecule has 0 saturated heterocycles. The molecule has 3 aromatic carbocycles. The van der Waals surface area contributed by atoms with E-state index in [1.807, 2.05) is 42.5 Å². The van der Waals surface area contributed by atoms with Gasteiger partial charge in [-0.1, -0.05) is 36.4 Å². The number of anilines is 1. The number of nitrogens with one attached hydrogen (secondary N) is 1. The van der Waals surface area contributed by atoms with E-state index in [1.54, 1.807) is 0 Å². The molecule has 1 aliphatic rings. The number of aryl methyl sites for hydroxylation is 2. The first kappa shape index (κ1) is 14.8. The summed E-state index contributed by atoms with van der Waals surface area (Å²) in [5.41, 5.74) is 3.54. The van der Waals surface area contributed by atoms with Crippen LogP contribution in [0, 0.1) is 0 Å². The van der Waals surface area contributed by atoms with Gasteiger partial charge in [-0.25, -0.2) is 0 Å². The number of carbonyl (C=O) groups excluding carboxylic acids is 1. The third kappa shape index (κ3) is 3.11. The lowest BCUT2D eigenvalue weighted by Crippen LogP contribution is -2.20. The summed E-state index contributed by atoms with van der Waals surface area (Å²) in [6.45, 7) is 0.0195. The van der Waals surface area contributed by atoms with E-state index in [4.69, 9.17) is 4.74 Å². The number of benzene rings is 3. The van der Waals surface area contributed by atoms with Crippen LogP contribution in [-0.4, -0.2) is 12.5 Å². The van der Waals surface area contributed by atoms with Gasteiger partial charge in [0.25, 0.3) is 5.91 Å². The fourth-order valence-electron chi connectivity index (χ4n) is 3.25. The molecule has 0 aromatic heterocycles. The Hall–Kier alpha value is -2.81. The van der Waals surface area contributed by atoms with Gasteiger partial charge in [0.2, 0.25) is 0 Å². The van der Waals surface area contributed by atoms with Crippen molar-refractivity contribution in [3.63, 3.8) is 0 Å². The van der Waals surface area contributed by atoms with E-state index < -0.39 is 0 Å². The number of rotatable bonds is 4. The van der Waals surface area contributed by atoms with E-state index in [9.17, 15) is 4.79 Å². The summed E-state index contributed by atoms with van der Waals surface area (Å²) in [5, 5.41) is 5.16. The molecule has 0 aliphatic heterocycles. The standard InChI is InChI=1S/C21H19NO2/c23-21(14-24-20-11-9-16-6-3-7-18(16)13-20)22-19-10-8-15-4-1-2-5-17(15)12-19/h1-2,4-5,8-13H,3,6-7,14H2,(H,22,23). The van der Waals surface area contributed by atoms with Crippen molar-refractivity contribution in [1.29, 1.82) is 0 Å². The molecular formula is C21H19NO2. The molecule has 0 atom stereocenters. The Kier molecular flexibility index (Phi) is 3.91. The number of fused-ring (bicyclic) bond motifs is 2. The smallest absolute Gasteiger partial charge is 0.262 e. The van der Waals surface area contributed by atoms with E-state index in [-0.39, 0.29) is 12.5 Å². The molecule has 3 nitrogen and oxygen atoms in total. The minimum absolute atomic E-state index is 0.0195. The van der Waals surface area contributed by atoms with Gasteiger partial charge in [0, 0.05) is 5.69 Å². The number of hydrogen-bond donors (Lipinski definition) is 1. The lowest BCUT2D eigenvalue weighted by molar-refractivity contribution is -0.118. The quantitative estimate of drug-likeness (QED) is 0.777. The van der Waals surface area contributed by atoms with Crippen LogP contribution >= 0.6 is 0 Å². The lowest BCUT2D eigenvalue weighted by Gasteiger charge is -2.09. The van der Waals surface area contributed by atoms with E-state index >= 15 is 0 Å². The van der Waals surface area contributed by atoms with Gasteiger partial charge >= 0.3 is 0 Å². The normalized spacial score (nSPS) is 12.8. The molecule has 0 unspecified atom stereocenters. The number of hydrogen-bond acceptors (Lipinski definition) is 2. The largest absolute Gasteiger partial charge is 0.484 e. The molecule has 0 bridgehead atoms. The van der Waals surface area contributed by atoms with Crippen molar-refractivity contribution in [2.75, 3.05) is 11.9 Å². The van der Waals surface area contributed by atoms with Crippen LogP contribution in [0.25, 0.3) is 10.8 Å². The van der Waals surface area contributed by atoms with Gasteiger partial charge in [-0.05, 0) is 65.4 Å². The summed E-state index contributed by atoms with van der Waals surface area (Å²) >= 11 is 0. The Balaban J connectivity index is 1.39. The van der Waals surface area contributed by atoms with Gasteiger partial charge < -0.3 is 10.1 Å². The zero-order valence-electron chi connectivity index (χ0n) is 13.4. The van der Waals surface area contributed by atoms with Gasteiger partial charge in [0.05, 0.1) is 0 Å². The molecule has 0 fully saturated rings. The predicted molar refractivity (Wildman–Crippen MR) is 96.5 cm³/mol. The van der Waals surface area contributed by atoms with Crippen LogP contribution in [0.5, 0.6) is 5.75 Å². The second kappa shape index (κ2) is 6.36. The number of ether oxygens (including phenoxy) is 1. The molecule has 24 heavy (non-hydrogen) atoms. The summed E-state index contributed by atoms with van der Waals surface area (Å²) in [6.07, 6.45) is 3.47. The second-order valence-electron chi connectivity index (χ2n) is 6.18. The Morgan fingerprint density at radius 3 is 2.67 bits per heavy atom. The van der Waals surface area contributed by atoms with Gasteiger partial charge in [-0.3, -0.25) is 4.79 Å². The van der Waals surface area contributed by atoms with Crippen molar-refractivity contribution in [2.45, 2.75) is 19.3 Å². The highest BCUT2D eigenvalue weighted by Gasteiger charge is 2.12. The minimum atomic E-state index is -0.147. The van der Waals surface area contributed by atoms with Crippen LogP contribution in [0.1, 0.15) is 17.5 Å². The van der Waals surface area contributed by atoms with Crippen LogP contribution < -0.4 is 10.1 Å². The van der Waals surface area contributed by atoms with Crippen molar-refractivity contribution in [3.05, 3.63) is 71.8 Å². The molecule has 1 aliphatic carbocycles. The zero-order chi connectivity index (χ0) is 16.4. The molecule has 4 rings (SSSR count). The number of carbonyl (C=O) groups is 1. The summed E-state index contributed by atoms with van der Waals surface area (Å²) in [5.74, 6) is 0.620.